The summed E-state index contributed by atoms with van der Waals surface area (Å²) in [5.41, 5.74) is 0.523. The van der Waals surface area contributed by atoms with Crippen LogP contribution in [0.3, 0.4) is 0 Å². The summed E-state index contributed by atoms with van der Waals surface area (Å²) in [6, 6.07) is 0. The van der Waals surface area contributed by atoms with Gasteiger partial charge in [0.2, 0.25) is 5.91 Å². The lowest BCUT2D eigenvalue weighted by Gasteiger charge is -2.18. The van der Waals surface area contributed by atoms with Gasteiger partial charge in [0.05, 0.1) is 0 Å². The van der Waals surface area contributed by atoms with Crippen LogP contribution in [-0.4, -0.2) is 32.0 Å². The van der Waals surface area contributed by atoms with Crippen molar-refractivity contribution >= 4 is 5.91 Å². The van der Waals surface area contributed by atoms with Crippen molar-refractivity contribution in [3.63, 3.8) is 0 Å². The predicted octanol–water partition coefficient (Wildman–Crippen LogP) is 3.03. The fourth-order valence-electron chi connectivity index (χ4n) is 1.39. The molecule has 0 atom stereocenters. The Morgan fingerprint density at radius 2 is 1.68 bits per heavy atom. The van der Waals surface area contributed by atoms with Crippen LogP contribution < -0.4 is 5.32 Å². The summed E-state index contributed by atoms with van der Waals surface area (Å²) >= 11 is 0. The van der Waals surface area contributed by atoms with Crippen LogP contribution >= 0.6 is 0 Å². The molecule has 0 fully saturated rings. The minimum Gasteiger partial charge on any atom is -0.353 e. The molecule has 112 valence electrons. The van der Waals surface area contributed by atoms with E-state index in [1.54, 1.807) is 6.92 Å². The zero-order chi connectivity index (χ0) is 14.5. The first-order valence-corrected chi connectivity index (χ1v) is 7.28. The number of ether oxygens (including phenoxy) is 2. The molecule has 0 aromatic heterocycles. The third-order valence-electron chi connectivity index (χ3n) is 2.66. The summed E-state index contributed by atoms with van der Waals surface area (Å²) in [6.45, 7) is 11.5. The van der Waals surface area contributed by atoms with Gasteiger partial charge in [0.1, 0.15) is 0 Å². The molecule has 0 aliphatic heterocycles. The monoisotopic (exact) mass is 271 g/mol. The molecule has 0 heterocycles. The zero-order valence-corrected chi connectivity index (χ0v) is 12.7. The van der Waals surface area contributed by atoms with Gasteiger partial charge in [0, 0.05) is 31.8 Å². The number of carbonyl (C=O) groups excluding carboxylic acids is 1. The highest BCUT2D eigenvalue weighted by Gasteiger charge is 2.10. The van der Waals surface area contributed by atoms with Crippen molar-refractivity contribution in [2.24, 2.45) is 0 Å². The molecule has 1 N–H and O–H groups in total. The summed E-state index contributed by atoms with van der Waals surface area (Å²) in [5, 5.41) is 2.79. The van der Waals surface area contributed by atoms with E-state index in [9.17, 15) is 4.79 Å². The molecule has 0 aliphatic carbocycles. The van der Waals surface area contributed by atoms with Crippen molar-refractivity contribution in [1.29, 1.82) is 0 Å². The van der Waals surface area contributed by atoms with E-state index in [4.69, 9.17) is 9.47 Å². The van der Waals surface area contributed by atoms with Crippen molar-refractivity contribution in [3.8, 4) is 0 Å². The maximum Gasteiger partial charge on any atom is 0.246 e. The molecule has 0 radical (unpaired) electrons. The summed E-state index contributed by atoms with van der Waals surface area (Å²) in [4.78, 5) is 11.4. The topological polar surface area (TPSA) is 47.6 Å². The van der Waals surface area contributed by atoms with Crippen LogP contribution in [0.15, 0.2) is 12.2 Å². The van der Waals surface area contributed by atoms with Gasteiger partial charge in [-0.05, 0) is 19.8 Å². The Hall–Kier alpha value is -0.870. The number of nitrogens with one attached hydrogen (secondary N) is 1. The second-order valence-electron chi connectivity index (χ2n) is 4.70. The third kappa shape index (κ3) is 10.7. The lowest BCUT2D eigenvalue weighted by Crippen LogP contribution is -2.29. The predicted molar refractivity (Wildman–Crippen MR) is 77.9 cm³/mol. The molecule has 0 unspecified atom stereocenters. The summed E-state index contributed by atoms with van der Waals surface area (Å²) < 4.78 is 11.4. The van der Waals surface area contributed by atoms with Crippen LogP contribution in [0.5, 0.6) is 0 Å². The maximum atomic E-state index is 11.4. The largest absolute Gasteiger partial charge is 0.353 e. The Kier molecular flexibility index (Phi) is 11.6. The Labute approximate surface area is 117 Å². The van der Waals surface area contributed by atoms with Gasteiger partial charge in [0.15, 0.2) is 6.29 Å². The van der Waals surface area contributed by atoms with Crippen LogP contribution in [0.1, 0.15) is 52.9 Å². The zero-order valence-electron chi connectivity index (χ0n) is 12.7. The number of unbranched alkanes of at least 4 members (excludes halogenated alkanes) is 2. The van der Waals surface area contributed by atoms with Crippen LogP contribution in [0.4, 0.5) is 0 Å². The minimum absolute atomic E-state index is 0.110. The first-order valence-electron chi connectivity index (χ1n) is 7.28. The molecule has 4 heteroatoms. The molecule has 19 heavy (non-hydrogen) atoms. The Bertz CT molecular complexity index is 244. The molecule has 0 rings (SSSR count). The molecule has 0 saturated carbocycles. The van der Waals surface area contributed by atoms with Gasteiger partial charge in [0.25, 0.3) is 0 Å². The van der Waals surface area contributed by atoms with Crippen molar-refractivity contribution in [1.82, 2.24) is 5.32 Å². The fraction of sp³-hybridized carbons (Fsp3) is 0.800. The summed E-state index contributed by atoms with van der Waals surface area (Å²) in [6.07, 6.45) is 4.73. The van der Waals surface area contributed by atoms with E-state index >= 15 is 0 Å². The molecular weight excluding hydrogens is 242 g/mol. The smallest absolute Gasteiger partial charge is 0.246 e. The van der Waals surface area contributed by atoms with E-state index in [1.165, 1.54) is 0 Å². The van der Waals surface area contributed by atoms with Crippen molar-refractivity contribution in [2.45, 2.75) is 59.2 Å². The van der Waals surface area contributed by atoms with E-state index in [2.05, 4.69) is 25.7 Å². The standard InChI is InChI=1S/C15H29NO3/c1-5-7-11-18-14(19-12-8-6-2)9-10-16-15(17)13(3)4/h14H,3,5-12H2,1-2,4H3,(H,16,17). The van der Waals surface area contributed by atoms with Crippen molar-refractivity contribution in [2.75, 3.05) is 19.8 Å². The van der Waals surface area contributed by atoms with E-state index < -0.39 is 0 Å². The second-order valence-corrected chi connectivity index (χ2v) is 4.70. The molecule has 0 bridgehead atoms. The summed E-state index contributed by atoms with van der Waals surface area (Å²) in [5.74, 6) is -0.110. The quantitative estimate of drug-likeness (QED) is 0.337. The number of amides is 1. The lowest BCUT2D eigenvalue weighted by molar-refractivity contribution is -0.146. The van der Waals surface area contributed by atoms with Gasteiger partial charge in [-0.3, -0.25) is 4.79 Å². The van der Waals surface area contributed by atoms with Crippen molar-refractivity contribution < 1.29 is 14.3 Å². The number of hydrogen-bond donors (Lipinski definition) is 1. The Balaban J connectivity index is 3.88. The number of rotatable bonds is 12. The highest BCUT2D eigenvalue weighted by atomic mass is 16.7. The number of hydrogen-bond acceptors (Lipinski definition) is 3. The van der Waals surface area contributed by atoms with Crippen LogP contribution in [0.25, 0.3) is 0 Å². The van der Waals surface area contributed by atoms with Gasteiger partial charge in [-0.1, -0.05) is 33.3 Å². The van der Waals surface area contributed by atoms with Crippen LogP contribution in [-0.2, 0) is 14.3 Å². The van der Waals surface area contributed by atoms with Gasteiger partial charge < -0.3 is 14.8 Å². The maximum absolute atomic E-state index is 11.4. The lowest BCUT2D eigenvalue weighted by atomic mass is 10.3. The fourth-order valence-corrected chi connectivity index (χ4v) is 1.39. The molecular formula is C15H29NO3. The molecule has 0 spiro atoms. The number of carbonyl (C=O) groups is 1. The first kappa shape index (κ1) is 18.1. The minimum atomic E-state index is -0.219. The highest BCUT2D eigenvalue weighted by Crippen LogP contribution is 2.04. The average molecular weight is 271 g/mol. The van der Waals surface area contributed by atoms with E-state index in [1.807, 2.05) is 0 Å². The highest BCUT2D eigenvalue weighted by molar-refractivity contribution is 5.91. The van der Waals surface area contributed by atoms with Gasteiger partial charge in [-0.15, -0.1) is 0 Å². The molecule has 1 amide bonds. The molecule has 0 aliphatic rings. The van der Waals surface area contributed by atoms with E-state index in [-0.39, 0.29) is 12.2 Å². The van der Waals surface area contributed by atoms with Gasteiger partial charge in [-0.2, -0.15) is 0 Å². The average Bonchev–Trinajstić information content (AvgIpc) is 2.38. The van der Waals surface area contributed by atoms with Crippen molar-refractivity contribution in [3.05, 3.63) is 12.2 Å². The van der Waals surface area contributed by atoms with Gasteiger partial charge in [-0.25, -0.2) is 0 Å². The summed E-state index contributed by atoms with van der Waals surface area (Å²) in [7, 11) is 0. The third-order valence-corrected chi connectivity index (χ3v) is 2.66. The Morgan fingerprint density at radius 1 is 1.16 bits per heavy atom. The van der Waals surface area contributed by atoms with E-state index in [0.29, 0.717) is 31.8 Å². The molecule has 0 aromatic carbocycles. The van der Waals surface area contributed by atoms with Crippen LogP contribution in [0, 0.1) is 0 Å². The second kappa shape index (κ2) is 12.2. The molecule has 0 aromatic rings. The van der Waals surface area contributed by atoms with Gasteiger partial charge >= 0.3 is 0 Å². The van der Waals surface area contributed by atoms with E-state index in [0.717, 1.165) is 25.7 Å². The normalized spacial score (nSPS) is 10.7. The van der Waals surface area contributed by atoms with Crippen LogP contribution in [0.2, 0.25) is 0 Å². The SMILES string of the molecule is C=C(C)C(=O)NCCC(OCCCC)OCCCC. The molecule has 0 saturated heterocycles. The molecule has 4 nitrogen and oxygen atoms in total. The Morgan fingerprint density at radius 3 is 2.11 bits per heavy atom. The first-order chi connectivity index (χ1) is 9.11.